The van der Waals surface area contributed by atoms with Crippen molar-refractivity contribution in [1.29, 1.82) is 0 Å². The highest BCUT2D eigenvalue weighted by molar-refractivity contribution is 5.95. The van der Waals surface area contributed by atoms with Crippen LogP contribution in [-0.2, 0) is 28.8 Å². The number of likely N-dealkylation sites (tertiary alicyclic amines) is 1. The van der Waals surface area contributed by atoms with E-state index in [1.165, 1.54) is 4.90 Å². The molecule has 0 aromatic carbocycles. The van der Waals surface area contributed by atoms with Crippen LogP contribution in [-0.4, -0.2) is 88.7 Å². The second-order valence-corrected chi connectivity index (χ2v) is 8.38. The molecule has 4 unspecified atom stereocenters. The largest absolute Gasteiger partial charge is 0.480 e. The van der Waals surface area contributed by atoms with Gasteiger partial charge in [0, 0.05) is 19.5 Å². The molecular formula is C20H35N9O7. The highest BCUT2D eigenvalue weighted by Crippen LogP contribution is 2.20. The van der Waals surface area contributed by atoms with Crippen molar-refractivity contribution in [2.24, 2.45) is 33.7 Å². The molecule has 16 heteroatoms. The lowest BCUT2D eigenvalue weighted by molar-refractivity contribution is -0.149. The van der Waals surface area contributed by atoms with Crippen molar-refractivity contribution in [3.05, 3.63) is 0 Å². The lowest BCUT2D eigenvalue weighted by Crippen LogP contribution is -2.57. The van der Waals surface area contributed by atoms with Crippen LogP contribution in [0.3, 0.4) is 0 Å². The first-order valence-corrected chi connectivity index (χ1v) is 11.3. The van der Waals surface area contributed by atoms with Gasteiger partial charge in [0.25, 0.3) is 0 Å². The SMILES string of the molecule is NC(=O)CCC(NC(=O)C(N)CC(N)=O)C(=O)NC(CCCN=C(N)N)C(=O)N1CCCC1C(=O)O. The lowest BCUT2D eigenvalue weighted by Gasteiger charge is -2.29. The molecule has 0 spiro atoms. The Kier molecular flexibility index (Phi) is 12.1. The van der Waals surface area contributed by atoms with Gasteiger partial charge >= 0.3 is 5.97 Å². The molecule has 1 rings (SSSR count). The average Bonchev–Trinajstić information content (AvgIpc) is 3.27. The van der Waals surface area contributed by atoms with Crippen LogP contribution in [0.2, 0.25) is 0 Å². The molecule has 1 fully saturated rings. The van der Waals surface area contributed by atoms with Crippen LogP contribution in [0.5, 0.6) is 0 Å². The molecular weight excluding hydrogens is 478 g/mol. The summed E-state index contributed by atoms with van der Waals surface area (Å²) in [6.07, 6.45) is 0.0980. The number of rotatable bonds is 15. The van der Waals surface area contributed by atoms with E-state index in [1.54, 1.807) is 0 Å². The topological polar surface area (TPSA) is 292 Å². The van der Waals surface area contributed by atoms with Gasteiger partial charge in [-0.3, -0.25) is 29.0 Å². The third-order valence-electron chi connectivity index (χ3n) is 5.45. The number of carboxylic acids is 1. The van der Waals surface area contributed by atoms with E-state index in [4.69, 9.17) is 28.7 Å². The van der Waals surface area contributed by atoms with Crippen LogP contribution in [0.15, 0.2) is 4.99 Å². The van der Waals surface area contributed by atoms with Crippen molar-refractivity contribution < 1.29 is 33.9 Å². The van der Waals surface area contributed by atoms with Crippen molar-refractivity contribution in [1.82, 2.24) is 15.5 Å². The molecule has 0 aromatic rings. The Morgan fingerprint density at radius 2 is 1.58 bits per heavy atom. The molecule has 0 aromatic heterocycles. The van der Waals surface area contributed by atoms with Gasteiger partial charge in [-0.05, 0) is 32.1 Å². The summed E-state index contributed by atoms with van der Waals surface area (Å²) in [6.45, 7) is 0.341. The molecule has 0 bridgehead atoms. The molecule has 1 aliphatic heterocycles. The van der Waals surface area contributed by atoms with Gasteiger partial charge in [0.15, 0.2) is 5.96 Å². The minimum Gasteiger partial charge on any atom is -0.480 e. The third kappa shape index (κ3) is 10.1. The van der Waals surface area contributed by atoms with E-state index in [1.807, 2.05) is 0 Å². The Morgan fingerprint density at radius 1 is 0.944 bits per heavy atom. The number of amides is 5. The second-order valence-electron chi connectivity index (χ2n) is 8.38. The van der Waals surface area contributed by atoms with Crippen molar-refractivity contribution in [3.63, 3.8) is 0 Å². The molecule has 1 aliphatic rings. The first kappa shape index (κ1) is 30.1. The molecule has 0 saturated carbocycles. The lowest BCUT2D eigenvalue weighted by atomic mass is 10.1. The van der Waals surface area contributed by atoms with Gasteiger partial charge in [0.2, 0.25) is 29.5 Å². The number of nitrogens with zero attached hydrogens (tertiary/aromatic N) is 2. The van der Waals surface area contributed by atoms with Crippen LogP contribution < -0.4 is 39.3 Å². The maximum Gasteiger partial charge on any atom is 0.326 e. The number of carbonyl (C=O) groups excluding carboxylic acids is 5. The van der Waals surface area contributed by atoms with Crippen LogP contribution in [0.4, 0.5) is 0 Å². The van der Waals surface area contributed by atoms with E-state index in [-0.39, 0.29) is 51.2 Å². The quantitative estimate of drug-likeness (QED) is 0.0590. The van der Waals surface area contributed by atoms with E-state index in [9.17, 15) is 33.9 Å². The van der Waals surface area contributed by atoms with Crippen molar-refractivity contribution in [3.8, 4) is 0 Å². The van der Waals surface area contributed by atoms with Gasteiger partial charge < -0.3 is 49.3 Å². The number of carboxylic acid groups (broad SMARTS) is 1. The predicted molar refractivity (Wildman–Crippen MR) is 126 cm³/mol. The summed E-state index contributed by atoms with van der Waals surface area (Å²) in [5.41, 5.74) is 26.4. The number of aliphatic imine (C=N–C) groups is 1. The molecule has 13 N–H and O–H groups in total. The second kappa shape index (κ2) is 14.4. The fraction of sp³-hybridized carbons (Fsp3) is 0.650. The smallest absolute Gasteiger partial charge is 0.326 e. The predicted octanol–water partition coefficient (Wildman–Crippen LogP) is -4.45. The first-order chi connectivity index (χ1) is 16.8. The van der Waals surface area contributed by atoms with Crippen molar-refractivity contribution in [2.75, 3.05) is 13.1 Å². The Balaban J connectivity index is 3.07. The fourth-order valence-electron chi connectivity index (χ4n) is 3.66. The molecule has 202 valence electrons. The van der Waals surface area contributed by atoms with Crippen molar-refractivity contribution >= 4 is 41.5 Å². The summed E-state index contributed by atoms with van der Waals surface area (Å²) in [4.78, 5) is 77.5. The molecule has 1 heterocycles. The standard InChI is InChI=1S/C20H35N9O7/c21-10(9-15(23)31)16(32)27-11(5-6-14(22)30)17(33)28-12(3-1-7-26-20(24)25)18(34)29-8-2-4-13(29)19(35)36/h10-13H,1-9,21H2,(H2,22,30)(H2,23,31)(H,27,32)(H,28,33)(H,35,36)(H4,24,25,26). The van der Waals surface area contributed by atoms with Gasteiger partial charge in [0.05, 0.1) is 12.5 Å². The number of hydrogen-bond acceptors (Lipinski definition) is 8. The number of nitrogens with two attached hydrogens (primary N) is 5. The van der Waals surface area contributed by atoms with E-state index in [0.29, 0.717) is 6.42 Å². The van der Waals surface area contributed by atoms with Crippen molar-refractivity contribution in [2.45, 2.75) is 69.1 Å². The molecule has 1 saturated heterocycles. The number of aliphatic carboxylic acids is 1. The zero-order valence-corrected chi connectivity index (χ0v) is 19.9. The third-order valence-corrected chi connectivity index (χ3v) is 5.45. The zero-order chi connectivity index (χ0) is 27.4. The summed E-state index contributed by atoms with van der Waals surface area (Å²) in [5.74, 6) is -5.23. The fourth-order valence-corrected chi connectivity index (χ4v) is 3.66. The zero-order valence-electron chi connectivity index (χ0n) is 19.9. The van der Waals surface area contributed by atoms with Crippen LogP contribution >= 0.6 is 0 Å². The number of guanidine groups is 1. The average molecular weight is 514 g/mol. The van der Waals surface area contributed by atoms with Crippen LogP contribution in [0, 0.1) is 0 Å². The van der Waals surface area contributed by atoms with Gasteiger partial charge in [-0.2, -0.15) is 0 Å². The van der Waals surface area contributed by atoms with Gasteiger partial charge in [0.1, 0.15) is 18.1 Å². The van der Waals surface area contributed by atoms with Gasteiger partial charge in [-0.1, -0.05) is 0 Å². The highest BCUT2D eigenvalue weighted by Gasteiger charge is 2.38. The number of nitrogens with one attached hydrogen (secondary N) is 2. The molecule has 16 nitrogen and oxygen atoms in total. The van der Waals surface area contributed by atoms with E-state index >= 15 is 0 Å². The van der Waals surface area contributed by atoms with Crippen LogP contribution in [0.25, 0.3) is 0 Å². The van der Waals surface area contributed by atoms with E-state index < -0.39 is 66.1 Å². The Hall–Kier alpha value is -3.95. The van der Waals surface area contributed by atoms with Crippen LogP contribution in [0.1, 0.15) is 44.9 Å². The Bertz CT molecular complexity index is 876. The molecule has 5 amide bonds. The van der Waals surface area contributed by atoms with Gasteiger partial charge in [-0.15, -0.1) is 0 Å². The summed E-state index contributed by atoms with van der Waals surface area (Å²) in [7, 11) is 0. The van der Waals surface area contributed by atoms with E-state index in [0.717, 1.165) is 0 Å². The minimum absolute atomic E-state index is 0.0574. The summed E-state index contributed by atoms with van der Waals surface area (Å²) in [6, 6.07) is -4.87. The summed E-state index contributed by atoms with van der Waals surface area (Å²) < 4.78 is 0. The number of carbonyl (C=O) groups is 6. The molecule has 4 atom stereocenters. The maximum atomic E-state index is 13.2. The first-order valence-electron chi connectivity index (χ1n) is 11.3. The van der Waals surface area contributed by atoms with Gasteiger partial charge in [-0.25, -0.2) is 4.79 Å². The normalized spacial score (nSPS) is 17.4. The molecule has 36 heavy (non-hydrogen) atoms. The summed E-state index contributed by atoms with van der Waals surface area (Å²) >= 11 is 0. The monoisotopic (exact) mass is 513 g/mol. The number of primary amides is 2. The Morgan fingerprint density at radius 3 is 2.14 bits per heavy atom. The molecule has 0 aliphatic carbocycles. The maximum absolute atomic E-state index is 13.2. The summed E-state index contributed by atoms with van der Waals surface area (Å²) in [5, 5.41) is 14.3. The van der Waals surface area contributed by atoms with E-state index in [2.05, 4.69) is 15.6 Å². The number of hydrogen-bond donors (Lipinski definition) is 8. The highest BCUT2D eigenvalue weighted by atomic mass is 16.4. The Labute approximate surface area is 207 Å². The molecule has 0 radical (unpaired) electrons. The minimum atomic E-state index is -1.34.